The molecule has 1 aliphatic rings. The standard InChI is InChI=1S/C17H22N4O3/c1-2-21(11-16(22)23)15-9-14(10-15)20-17(24)19-13-5-3-4-12(8-13)6-7-18/h3-5,8,14-15H,2,6,9-11H2,1H3,(H,22,23)(H2,19,20,24). The monoisotopic (exact) mass is 330 g/mol. The van der Waals surface area contributed by atoms with Gasteiger partial charge in [0.05, 0.1) is 19.0 Å². The fourth-order valence-corrected chi connectivity index (χ4v) is 2.88. The smallest absolute Gasteiger partial charge is 0.319 e. The molecule has 7 nitrogen and oxygen atoms in total. The summed E-state index contributed by atoms with van der Waals surface area (Å²) in [4.78, 5) is 24.7. The third kappa shape index (κ3) is 4.96. The summed E-state index contributed by atoms with van der Waals surface area (Å²) >= 11 is 0. The van der Waals surface area contributed by atoms with E-state index >= 15 is 0 Å². The van der Waals surface area contributed by atoms with Gasteiger partial charge in [-0.2, -0.15) is 5.26 Å². The lowest BCUT2D eigenvalue weighted by atomic mass is 9.85. The first-order chi connectivity index (χ1) is 11.5. The predicted octanol–water partition coefficient (Wildman–Crippen LogP) is 1.81. The lowest BCUT2D eigenvalue weighted by Gasteiger charge is -2.42. The summed E-state index contributed by atoms with van der Waals surface area (Å²) in [7, 11) is 0. The van der Waals surface area contributed by atoms with Gasteiger partial charge in [0.1, 0.15) is 0 Å². The summed E-state index contributed by atoms with van der Waals surface area (Å²) in [6.07, 6.45) is 1.81. The van der Waals surface area contributed by atoms with Crippen LogP contribution in [-0.2, 0) is 11.2 Å². The Morgan fingerprint density at radius 2 is 2.17 bits per heavy atom. The molecule has 0 bridgehead atoms. The van der Waals surface area contributed by atoms with Crippen LogP contribution in [0.5, 0.6) is 0 Å². The predicted molar refractivity (Wildman–Crippen MR) is 89.6 cm³/mol. The van der Waals surface area contributed by atoms with Crippen molar-refractivity contribution in [2.45, 2.75) is 38.3 Å². The number of rotatable bonds is 7. The van der Waals surface area contributed by atoms with Gasteiger partial charge in [-0.1, -0.05) is 19.1 Å². The molecular weight excluding hydrogens is 308 g/mol. The van der Waals surface area contributed by atoms with Gasteiger partial charge in [-0.05, 0) is 37.1 Å². The van der Waals surface area contributed by atoms with E-state index < -0.39 is 5.97 Å². The molecular formula is C17H22N4O3. The summed E-state index contributed by atoms with van der Waals surface area (Å²) < 4.78 is 0. The zero-order valence-electron chi connectivity index (χ0n) is 13.7. The maximum Gasteiger partial charge on any atom is 0.319 e. The molecule has 0 aromatic heterocycles. The number of carbonyl (C=O) groups is 2. The second-order valence-electron chi connectivity index (χ2n) is 5.91. The second kappa shape index (κ2) is 8.31. The molecule has 0 spiro atoms. The van der Waals surface area contributed by atoms with E-state index in [1.807, 2.05) is 17.9 Å². The number of aliphatic carboxylic acids is 1. The normalized spacial score (nSPS) is 19.2. The Balaban J connectivity index is 1.77. The summed E-state index contributed by atoms with van der Waals surface area (Å²) in [6.45, 7) is 2.65. The van der Waals surface area contributed by atoms with E-state index in [0.29, 0.717) is 18.7 Å². The number of nitriles is 1. The topological polar surface area (TPSA) is 105 Å². The Kier molecular flexibility index (Phi) is 6.15. The third-order valence-corrected chi connectivity index (χ3v) is 4.18. The Bertz CT molecular complexity index is 635. The van der Waals surface area contributed by atoms with Gasteiger partial charge in [-0.15, -0.1) is 0 Å². The molecule has 2 amide bonds. The molecule has 1 fully saturated rings. The number of carbonyl (C=O) groups excluding carboxylic acids is 1. The highest BCUT2D eigenvalue weighted by Crippen LogP contribution is 2.25. The zero-order valence-corrected chi connectivity index (χ0v) is 13.7. The number of amides is 2. The molecule has 3 N–H and O–H groups in total. The molecule has 7 heteroatoms. The summed E-state index contributed by atoms with van der Waals surface area (Å²) in [6, 6.07) is 9.24. The minimum Gasteiger partial charge on any atom is -0.480 e. The van der Waals surface area contributed by atoms with Crippen molar-refractivity contribution in [1.82, 2.24) is 10.2 Å². The molecule has 1 saturated carbocycles. The number of anilines is 1. The number of carboxylic acids is 1. The minimum atomic E-state index is -0.830. The Hall–Kier alpha value is -2.59. The van der Waals surface area contributed by atoms with Crippen molar-refractivity contribution in [3.63, 3.8) is 0 Å². The lowest BCUT2D eigenvalue weighted by molar-refractivity contribution is -0.139. The average Bonchev–Trinajstić information content (AvgIpc) is 2.49. The van der Waals surface area contributed by atoms with Gasteiger partial charge in [-0.25, -0.2) is 4.79 Å². The van der Waals surface area contributed by atoms with E-state index in [-0.39, 0.29) is 24.7 Å². The molecule has 0 heterocycles. The van der Waals surface area contributed by atoms with E-state index in [9.17, 15) is 9.59 Å². The van der Waals surface area contributed by atoms with Gasteiger partial charge in [0.2, 0.25) is 0 Å². The number of nitrogens with zero attached hydrogens (tertiary/aromatic N) is 2. The van der Waals surface area contributed by atoms with Crippen molar-refractivity contribution < 1.29 is 14.7 Å². The molecule has 0 aliphatic heterocycles. The molecule has 0 radical (unpaired) electrons. The van der Waals surface area contributed by atoms with Gasteiger partial charge in [-0.3, -0.25) is 9.69 Å². The fraction of sp³-hybridized carbons (Fsp3) is 0.471. The molecule has 1 aromatic carbocycles. The van der Waals surface area contributed by atoms with Crippen LogP contribution in [-0.4, -0.2) is 47.2 Å². The highest BCUT2D eigenvalue weighted by Gasteiger charge is 2.34. The Morgan fingerprint density at radius 1 is 1.42 bits per heavy atom. The van der Waals surface area contributed by atoms with Gasteiger partial charge < -0.3 is 15.7 Å². The van der Waals surface area contributed by atoms with Crippen molar-refractivity contribution >= 4 is 17.7 Å². The molecule has 1 aliphatic carbocycles. The lowest BCUT2D eigenvalue weighted by Crippen LogP contribution is -2.55. The second-order valence-corrected chi connectivity index (χ2v) is 5.91. The molecule has 0 atom stereocenters. The molecule has 2 rings (SSSR count). The van der Waals surface area contributed by atoms with Crippen LogP contribution in [0.15, 0.2) is 24.3 Å². The number of hydrogen-bond donors (Lipinski definition) is 3. The van der Waals surface area contributed by atoms with Crippen LogP contribution < -0.4 is 10.6 Å². The number of benzene rings is 1. The average molecular weight is 330 g/mol. The van der Waals surface area contributed by atoms with Gasteiger partial charge in [0.25, 0.3) is 0 Å². The first-order valence-electron chi connectivity index (χ1n) is 8.01. The SMILES string of the molecule is CCN(CC(=O)O)C1CC(NC(=O)Nc2cccc(CC#N)c2)C1. The van der Waals surface area contributed by atoms with Crippen LogP contribution in [0.4, 0.5) is 10.5 Å². The molecule has 0 saturated heterocycles. The van der Waals surface area contributed by atoms with Crippen LogP contribution >= 0.6 is 0 Å². The molecule has 24 heavy (non-hydrogen) atoms. The van der Waals surface area contributed by atoms with E-state index in [2.05, 4.69) is 16.7 Å². The summed E-state index contributed by atoms with van der Waals surface area (Å²) in [5, 5.41) is 23.2. The van der Waals surface area contributed by atoms with E-state index in [4.69, 9.17) is 10.4 Å². The van der Waals surface area contributed by atoms with Gasteiger partial charge >= 0.3 is 12.0 Å². The molecule has 1 aromatic rings. The first-order valence-corrected chi connectivity index (χ1v) is 8.01. The largest absolute Gasteiger partial charge is 0.480 e. The van der Waals surface area contributed by atoms with Crippen LogP contribution in [0.25, 0.3) is 0 Å². The Labute approximate surface area is 141 Å². The maximum absolute atomic E-state index is 12.0. The van der Waals surface area contributed by atoms with Crippen molar-refractivity contribution in [2.75, 3.05) is 18.4 Å². The van der Waals surface area contributed by atoms with E-state index in [0.717, 1.165) is 18.4 Å². The first kappa shape index (κ1) is 17.8. The van der Waals surface area contributed by atoms with Crippen molar-refractivity contribution in [1.29, 1.82) is 5.26 Å². The highest BCUT2D eigenvalue weighted by molar-refractivity contribution is 5.89. The number of hydrogen-bond acceptors (Lipinski definition) is 4. The van der Waals surface area contributed by atoms with Gasteiger partial charge in [0.15, 0.2) is 0 Å². The van der Waals surface area contributed by atoms with Crippen molar-refractivity contribution in [3.8, 4) is 6.07 Å². The maximum atomic E-state index is 12.0. The van der Waals surface area contributed by atoms with Crippen molar-refractivity contribution in [2.24, 2.45) is 0 Å². The van der Waals surface area contributed by atoms with Crippen molar-refractivity contribution in [3.05, 3.63) is 29.8 Å². The molecule has 0 unspecified atom stereocenters. The number of urea groups is 1. The third-order valence-electron chi connectivity index (χ3n) is 4.18. The van der Waals surface area contributed by atoms with Crippen LogP contribution in [0.1, 0.15) is 25.3 Å². The van der Waals surface area contributed by atoms with E-state index in [1.54, 1.807) is 18.2 Å². The van der Waals surface area contributed by atoms with Gasteiger partial charge in [0, 0.05) is 17.8 Å². The van der Waals surface area contributed by atoms with Crippen LogP contribution in [0, 0.1) is 11.3 Å². The fourth-order valence-electron chi connectivity index (χ4n) is 2.88. The number of nitrogens with one attached hydrogen (secondary N) is 2. The number of likely N-dealkylation sites (N-methyl/N-ethyl adjacent to an activating group) is 1. The Morgan fingerprint density at radius 3 is 2.79 bits per heavy atom. The molecule has 128 valence electrons. The summed E-state index contributed by atoms with van der Waals surface area (Å²) in [5.41, 5.74) is 1.50. The van der Waals surface area contributed by atoms with Crippen LogP contribution in [0.2, 0.25) is 0 Å². The number of carboxylic acid groups (broad SMARTS) is 1. The van der Waals surface area contributed by atoms with E-state index in [1.165, 1.54) is 0 Å². The zero-order chi connectivity index (χ0) is 17.5. The quantitative estimate of drug-likeness (QED) is 0.707. The summed E-state index contributed by atoms with van der Waals surface area (Å²) in [5.74, 6) is -0.830. The highest BCUT2D eigenvalue weighted by atomic mass is 16.4. The minimum absolute atomic E-state index is 0.0335. The van der Waals surface area contributed by atoms with Crippen LogP contribution in [0.3, 0.4) is 0 Å².